The van der Waals surface area contributed by atoms with Crippen LogP contribution in [0.15, 0.2) is 21.9 Å². The number of hydrogen-bond donors (Lipinski definition) is 6. The van der Waals surface area contributed by atoms with Crippen molar-refractivity contribution in [2.45, 2.75) is 30.6 Å². The number of nitrogens with two attached hydrogens (primary N) is 1. The van der Waals surface area contributed by atoms with E-state index in [9.17, 15) is 34.5 Å². The number of hydrogen-bond acceptors (Lipinski definition) is 8. The first-order valence-electron chi connectivity index (χ1n) is 6.81. The number of carboxylic acids is 1. The lowest BCUT2D eigenvalue weighted by Crippen LogP contribution is -2.54. The zero-order valence-corrected chi connectivity index (χ0v) is 12.2. The minimum absolute atomic E-state index is 0.488. The van der Waals surface area contributed by atoms with Gasteiger partial charge >= 0.3 is 11.7 Å². The molecule has 0 radical (unpaired) electrons. The molecule has 1 amide bonds. The predicted octanol–water partition coefficient (Wildman–Crippen LogP) is -4.32. The van der Waals surface area contributed by atoms with Gasteiger partial charge in [-0.2, -0.15) is 0 Å². The monoisotopic (exact) mass is 344 g/mol. The van der Waals surface area contributed by atoms with Gasteiger partial charge in [0.15, 0.2) is 12.3 Å². The van der Waals surface area contributed by atoms with E-state index in [1.165, 1.54) is 0 Å². The molecule has 1 aliphatic heterocycles. The van der Waals surface area contributed by atoms with Crippen LogP contribution in [-0.4, -0.2) is 67.6 Å². The number of ether oxygens (including phenoxy) is 1. The van der Waals surface area contributed by atoms with Crippen LogP contribution in [-0.2, 0) is 14.3 Å². The second-order valence-electron chi connectivity index (χ2n) is 5.08. The molecule has 0 aliphatic carbocycles. The van der Waals surface area contributed by atoms with E-state index in [0.717, 1.165) is 16.8 Å². The number of nitrogens with one attached hydrogen (secondary N) is 2. The third-order valence-corrected chi connectivity index (χ3v) is 3.50. The fraction of sp³-hybridized carbons (Fsp3) is 0.500. The Balaban J connectivity index is 2.31. The zero-order chi connectivity index (χ0) is 18.0. The summed E-state index contributed by atoms with van der Waals surface area (Å²) in [5.41, 5.74) is 3.50. The molecule has 132 valence electrons. The summed E-state index contributed by atoms with van der Waals surface area (Å²) in [6.07, 6.45) is -5.36. The maximum absolute atomic E-state index is 11.7. The molecule has 5 atom stereocenters. The Kier molecular flexibility index (Phi) is 5.14. The van der Waals surface area contributed by atoms with Gasteiger partial charge in [-0.15, -0.1) is 0 Å². The average Bonchev–Trinajstić information content (AvgIpc) is 2.80. The number of aliphatic carboxylic acids is 1. The van der Waals surface area contributed by atoms with Gasteiger partial charge in [0.2, 0.25) is 5.91 Å². The SMILES string of the molecule is NCC(=O)N[C@H](C(=O)O)[C@H]1O[C@@H](n2ccc(=O)[nH]c2=O)[C@H](O)[C@@H]1O. The summed E-state index contributed by atoms with van der Waals surface area (Å²) < 4.78 is 6.06. The number of H-pyrrole nitrogens is 1. The van der Waals surface area contributed by atoms with Crippen molar-refractivity contribution in [1.82, 2.24) is 14.9 Å². The number of aliphatic hydroxyl groups excluding tert-OH is 2. The van der Waals surface area contributed by atoms with Crippen molar-refractivity contribution in [1.29, 1.82) is 0 Å². The van der Waals surface area contributed by atoms with Gasteiger partial charge in [-0.1, -0.05) is 0 Å². The highest BCUT2D eigenvalue weighted by molar-refractivity contribution is 5.85. The number of amides is 1. The van der Waals surface area contributed by atoms with Gasteiger partial charge in [0.25, 0.3) is 5.56 Å². The molecule has 2 rings (SSSR count). The third-order valence-electron chi connectivity index (χ3n) is 3.50. The summed E-state index contributed by atoms with van der Waals surface area (Å²) in [7, 11) is 0. The molecule has 7 N–H and O–H groups in total. The van der Waals surface area contributed by atoms with Crippen LogP contribution in [0.5, 0.6) is 0 Å². The van der Waals surface area contributed by atoms with E-state index in [1.807, 2.05) is 10.3 Å². The first kappa shape index (κ1) is 17.8. The Morgan fingerprint density at radius 1 is 1.38 bits per heavy atom. The van der Waals surface area contributed by atoms with E-state index in [0.29, 0.717) is 0 Å². The summed E-state index contributed by atoms with van der Waals surface area (Å²) in [6, 6.07) is -0.712. The number of aliphatic hydroxyl groups is 2. The first-order chi connectivity index (χ1) is 11.3. The first-order valence-corrected chi connectivity index (χ1v) is 6.81. The molecule has 12 nitrogen and oxygen atoms in total. The summed E-state index contributed by atoms with van der Waals surface area (Å²) in [4.78, 5) is 47.4. The van der Waals surface area contributed by atoms with Crippen molar-refractivity contribution >= 4 is 11.9 Å². The van der Waals surface area contributed by atoms with Crippen LogP contribution >= 0.6 is 0 Å². The fourth-order valence-electron chi connectivity index (χ4n) is 2.34. The minimum atomic E-state index is -1.71. The third kappa shape index (κ3) is 3.35. The Morgan fingerprint density at radius 2 is 2.04 bits per heavy atom. The van der Waals surface area contributed by atoms with E-state index in [2.05, 4.69) is 0 Å². The Morgan fingerprint density at radius 3 is 2.58 bits per heavy atom. The Hall–Kier alpha value is -2.54. The molecular formula is C12H16N4O8. The smallest absolute Gasteiger partial charge is 0.330 e. The van der Waals surface area contributed by atoms with Crippen LogP contribution in [0.25, 0.3) is 0 Å². The second-order valence-corrected chi connectivity index (χ2v) is 5.08. The van der Waals surface area contributed by atoms with E-state index in [4.69, 9.17) is 10.5 Å². The molecule has 1 saturated heterocycles. The van der Waals surface area contributed by atoms with Gasteiger partial charge in [0.1, 0.15) is 18.3 Å². The average molecular weight is 344 g/mol. The molecule has 24 heavy (non-hydrogen) atoms. The van der Waals surface area contributed by atoms with Crippen LogP contribution in [0.3, 0.4) is 0 Å². The molecule has 1 fully saturated rings. The summed E-state index contributed by atoms with van der Waals surface area (Å²) >= 11 is 0. The number of carbonyl (C=O) groups excluding carboxylic acids is 1. The van der Waals surface area contributed by atoms with Crippen molar-refractivity contribution in [2.24, 2.45) is 5.73 Å². The van der Waals surface area contributed by atoms with E-state index in [1.54, 1.807) is 0 Å². The molecule has 12 heteroatoms. The number of nitrogens with zero attached hydrogens (tertiary/aromatic N) is 1. The largest absolute Gasteiger partial charge is 0.480 e. The van der Waals surface area contributed by atoms with Gasteiger partial charge in [0.05, 0.1) is 6.54 Å². The normalized spacial score (nSPS) is 27.6. The van der Waals surface area contributed by atoms with Crippen LogP contribution in [0.1, 0.15) is 6.23 Å². The molecule has 1 aromatic heterocycles. The van der Waals surface area contributed by atoms with Gasteiger partial charge in [0, 0.05) is 12.3 Å². The lowest BCUT2D eigenvalue weighted by molar-refractivity contribution is -0.149. The summed E-state index contributed by atoms with van der Waals surface area (Å²) in [5, 5.41) is 31.3. The zero-order valence-electron chi connectivity index (χ0n) is 12.2. The number of aromatic nitrogens is 2. The molecule has 0 aromatic carbocycles. The number of carboxylic acid groups (broad SMARTS) is 1. The fourth-order valence-corrected chi connectivity index (χ4v) is 2.34. The quantitative estimate of drug-likeness (QED) is 0.306. The maximum atomic E-state index is 11.7. The van der Waals surface area contributed by atoms with E-state index < -0.39 is 60.3 Å². The highest BCUT2D eigenvalue weighted by Gasteiger charge is 2.50. The molecule has 1 aromatic rings. The summed E-state index contributed by atoms with van der Waals surface area (Å²) in [6.45, 7) is -0.488. The van der Waals surface area contributed by atoms with Crippen LogP contribution in [0.2, 0.25) is 0 Å². The molecule has 1 aliphatic rings. The second kappa shape index (κ2) is 6.92. The lowest BCUT2D eigenvalue weighted by atomic mass is 10.0. The van der Waals surface area contributed by atoms with Gasteiger partial charge in [-0.05, 0) is 0 Å². The Labute approximate surface area is 133 Å². The minimum Gasteiger partial charge on any atom is -0.480 e. The molecule has 0 bridgehead atoms. The molecule has 2 heterocycles. The number of carbonyl (C=O) groups is 2. The van der Waals surface area contributed by atoms with E-state index >= 15 is 0 Å². The lowest BCUT2D eigenvalue weighted by Gasteiger charge is -2.23. The number of rotatable bonds is 5. The van der Waals surface area contributed by atoms with Crippen molar-refractivity contribution in [2.75, 3.05) is 6.54 Å². The number of aromatic amines is 1. The predicted molar refractivity (Wildman–Crippen MR) is 75.9 cm³/mol. The van der Waals surface area contributed by atoms with Crippen molar-refractivity contribution in [3.8, 4) is 0 Å². The highest BCUT2D eigenvalue weighted by atomic mass is 16.6. The van der Waals surface area contributed by atoms with Gasteiger partial charge < -0.3 is 31.1 Å². The molecule has 0 saturated carbocycles. The van der Waals surface area contributed by atoms with Gasteiger partial charge in [-0.3, -0.25) is 19.1 Å². The maximum Gasteiger partial charge on any atom is 0.330 e. The Bertz CT molecular complexity index is 743. The topological polar surface area (TPSA) is 197 Å². The van der Waals surface area contributed by atoms with Gasteiger partial charge in [-0.25, -0.2) is 9.59 Å². The van der Waals surface area contributed by atoms with Crippen LogP contribution in [0.4, 0.5) is 0 Å². The van der Waals surface area contributed by atoms with Crippen LogP contribution < -0.4 is 22.3 Å². The summed E-state index contributed by atoms with van der Waals surface area (Å²) in [5.74, 6) is -2.33. The van der Waals surface area contributed by atoms with Crippen LogP contribution in [0, 0.1) is 0 Å². The standard InChI is InChI=1S/C12H16N4O8/c13-3-5(18)14-6(11(21)22)9-7(19)8(20)10(24-9)16-2-1-4(17)15-12(16)23/h1-2,6-10,19-20H,3,13H2,(H,14,18)(H,21,22)(H,15,17,23)/t6-,7-,8+,9+,10+/m0/s1. The van der Waals surface area contributed by atoms with Crippen molar-refractivity contribution < 1.29 is 29.6 Å². The van der Waals surface area contributed by atoms with E-state index in [-0.39, 0.29) is 0 Å². The molecular weight excluding hydrogens is 328 g/mol. The van der Waals surface area contributed by atoms with Crippen molar-refractivity contribution in [3.63, 3.8) is 0 Å². The molecule has 0 unspecified atom stereocenters. The van der Waals surface area contributed by atoms with Crippen molar-refractivity contribution in [3.05, 3.63) is 33.1 Å². The molecule has 0 spiro atoms. The highest BCUT2D eigenvalue weighted by Crippen LogP contribution is 2.30.